The van der Waals surface area contributed by atoms with Crippen LogP contribution >= 0.6 is 11.6 Å². The molecule has 0 N–H and O–H groups in total. The zero-order chi connectivity index (χ0) is 14.7. The largest absolute Gasteiger partial charge is 0.460 e. The van der Waals surface area contributed by atoms with Gasteiger partial charge in [-0.05, 0) is 31.2 Å². The van der Waals surface area contributed by atoms with Crippen LogP contribution < -0.4 is 0 Å². The van der Waals surface area contributed by atoms with E-state index in [4.69, 9.17) is 16.3 Å². The van der Waals surface area contributed by atoms with E-state index >= 15 is 0 Å². The summed E-state index contributed by atoms with van der Waals surface area (Å²) in [4.78, 5) is 11.7. The molecule has 2 heterocycles. The molecule has 0 fully saturated rings. The number of carbonyl (C=O) groups excluding carboxylic acids is 1. The average molecular weight is 299 g/mol. The molecule has 20 heavy (non-hydrogen) atoms. The molecule has 0 aromatic carbocycles. The van der Waals surface area contributed by atoms with Crippen molar-refractivity contribution in [2.75, 3.05) is 6.61 Å². The van der Waals surface area contributed by atoms with E-state index in [2.05, 4.69) is 20.6 Å². The summed E-state index contributed by atoms with van der Waals surface area (Å²) in [6, 6.07) is 0. The molecule has 8 nitrogen and oxygen atoms in total. The van der Waals surface area contributed by atoms with Gasteiger partial charge in [-0.15, -0.1) is 5.10 Å². The molecule has 108 valence electrons. The van der Waals surface area contributed by atoms with Crippen LogP contribution in [0.1, 0.15) is 35.9 Å². The number of hydrogen-bond acceptors (Lipinski definition) is 6. The third-order valence-corrected chi connectivity index (χ3v) is 3.23. The van der Waals surface area contributed by atoms with E-state index < -0.39 is 5.97 Å². The summed E-state index contributed by atoms with van der Waals surface area (Å²) in [6.07, 6.45) is 0. The molecular formula is C11H15ClN6O2. The second kappa shape index (κ2) is 6.00. The first-order valence-corrected chi connectivity index (χ1v) is 6.61. The number of aromatic nitrogens is 6. The fourth-order valence-corrected chi connectivity index (χ4v) is 2.01. The third-order valence-electron chi connectivity index (χ3n) is 2.74. The van der Waals surface area contributed by atoms with E-state index in [-0.39, 0.29) is 19.0 Å². The van der Waals surface area contributed by atoms with Gasteiger partial charge in [-0.2, -0.15) is 5.10 Å². The quantitative estimate of drug-likeness (QED) is 0.767. The summed E-state index contributed by atoms with van der Waals surface area (Å²) in [6.45, 7) is 6.69. The first-order chi connectivity index (χ1) is 9.58. The van der Waals surface area contributed by atoms with Gasteiger partial charge in [0.2, 0.25) is 0 Å². The van der Waals surface area contributed by atoms with Crippen molar-refractivity contribution < 1.29 is 9.53 Å². The number of nitrogens with zero attached hydrogens (tertiary/aromatic N) is 6. The fraction of sp³-hybridized carbons (Fsp3) is 0.545. The summed E-state index contributed by atoms with van der Waals surface area (Å²) >= 11 is 6.22. The zero-order valence-corrected chi connectivity index (χ0v) is 12.3. The zero-order valence-electron chi connectivity index (χ0n) is 11.5. The van der Waals surface area contributed by atoms with Gasteiger partial charge >= 0.3 is 5.97 Å². The van der Waals surface area contributed by atoms with Gasteiger partial charge in [0.05, 0.1) is 29.6 Å². The van der Waals surface area contributed by atoms with Crippen molar-refractivity contribution in [3.8, 4) is 0 Å². The number of tetrazole rings is 1. The van der Waals surface area contributed by atoms with E-state index in [1.807, 2.05) is 13.8 Å². The molecule has 0 aliphatic carbocycles. The predicted molar refractivity (Wildman–Crippen MR) is 70.5 cm³/mol. The van der Waals surface area contributed by atoms with Crippen molar-refractivity contribution in [1.29, 1.82) is 0 Å². The number of carbonyl (C=O) groups is 1. The van der Waals surface area contributed by atoms with Crippen molar-refractivity contribution in [3.63, 3.8) is 0 Å². The molecule has 0 atom stereocenters. The summed E-state index contributed by atoms with van der Waals surface area (Å²) < 4.78 is 8.01. The SMILES string of the molecule is CCOC(=O)c1nnnn1Cc1c(Cl)c(C)nn1CC. The molecule has 2 aromatic rings. The average Bonchev–Trinajstić information content (AvgIpc) is 2.99. The number of hydrogen-bond donors (Lipinski definition) is 0. The summed E-state index contributed by atoms with van der Waals surface area (Å²) in [5, 5.41) is 15.8. The molecule has 0 unspecified atom stereocenters. The Hall–Kier alpha value is -1.96. The maximum Gasteiger partial charge on any atom is 0.378 e. The molecule has 0 radical (unpaired) electrons. The molecule has 2 aromatic heterocycles. The van der Waals surface area contributed by atoms with Gasteiger partial charge in [0.25, 0.3) is 5.82 Å². The molecule has 2 rings (SSSR count). The minimum atomic E-state index is -0.562. The van der Waals surface area contributed by atoms with Gasteiger partial charge in [-0.1, -0.05) is 11.6 Å². The summed E-state index contributed by atoms with van der Waals surface area (Å²) in [5.41, 5.74) is 1.48. The molecule has 9 heteroatoms. The lowest BCUT2D eigenvalue weighted by Crippen LogP contribution is -2.17. The number of halogens is 1. The normalized spacial score (nSPS) is 10.8. The maximum absolute atomic E-state index is 11.7. The van der Waals surface area contributed by atoms with Gasteiger partial charge in [-0.25, -0.2) is 9.48 Å². The highest BCUT2D eigenvalue weighted by atomic mass is 35.5. The Morgan fingerprint density at radius 2 is 2.10 bits per heavy atom. The van der Waals surface area contributed by atoms with E-state index in [1.165, 1.54) is 4.68 Å². The lowest BCUT2D eigenvalue weighted by Gasteiger charge is -2.06. The number of aryl methyl sites for hydroxylation is 2. The monoisotopic (exact) mass is 298 g/mol. The van der Waals surface area contributed by atoms with Gasteiger partial charge in [0.15, 0.2) is 0 Å². The van der Waals surface area contributed by atoms with Crippen molar-refractivity contribution >= 4 is 17.6 Å². The third kappa shape index (κ3) is 2.64. The van der Waals surface area contributed by atoms with Gasteiger partial charge < -0.3 is 4.74 Å². The Balaban J connectivity index is 2.32. The molecule has 0 aliphatic rings. The van der Waals surface area contributed by atoms with E-state index in [9.17, 15) is 4.79 Å². The highest BCUT2D eigenvalue weighted by Gasteiger charge is 2.20. The Bertz CT molecular complexity index is 620. The smallest absolute Gasteiger partial charge is 0.378 e. The van der Waals surface area contributed by atoms with Crippen LogP contribution in [0, 0.1) is 6.92 Å². The van der Waals surface area contributed by atoms with Crippen LogP contribution in [0.15, 0.2) is 0 Å². The Morgan fingerprint density at radius 3 is 2.75 bits per heavy atom. The van der Waals surface area contributed by atoms with E-state index in [1.54, 1.807) is 11.6 Å². The van der Waals surface area contributed by atoms with Crippen LogP contribution in [0.25, 0.3) is 0 Å². The maximum atomic E-state index is 11.7. The van der Waals surface area contributed by atoms with Crippen LogP contribution in [0.4, 0.5) is 0 Å². The summed E-state index contributed by atoms with van der Waals surface area (Å²) in [7, 11) is 0. The van der Waals surface area contributed by atoms with Crippen LogP contribution in [0.3, 0.4) is 0 Å². The first-order valence-electron chi connectivity index (χ1n) is 6.23. The lowest BCUT2D eigenvalue weighted by molar-refractivity contribution is 0.0505. The van der Waals surface area contributed by atoms with Gasteiger partial charge in [0, 0.05) is 6.54 Å². The molecule has 0 amide bonds. The number of rotatable bonds is 5. The van der Waals surface area contributed by atoms with Crippen LogP contribution in [-0.2, 0) is 17.8 Å². The fourth-order valence-electron chi connectivity index (χ4n) is 1.81. The summed E-state index contributed by atoms with van der Waals surface area (Å²) in [5.74, 6) is -0.516. The van der Waals surface area contributed by atoms with Crippen LogP contribution in [0.2, 0.25) is 5.02 Å². The molecule has 0 aliphatic heterocycles. The highest BCUT2D eigenvalue weighted by Crippen LogP contribution is 2.21. The van der Waals surface area contributed by atoms with E-state index in [0.717, 1.165) is 11.4 Å². The second-order valence-electron chi connectivity index (χ2n) is 4.04. The minimum absolute atomic E-state index is 0.0458. The van der Waals surface area contributed by atoms with Crippen LogP contribution in [0.5, 0.6) is 0 Å². The van der Waals surface area contributed by atoms with Gasteiger partial charge in [-0.3, -0.25) is 4.68 Å². The molecular weight excluding hydrogens is 284 g/mol. The topological polar surface area (TPSA) is 87.7 Å². The lowest BCUT2D eigenvalue weighted by atomic mass is 10.3. The van der Waals surface area contributed by atoms with Gasteiger partial charge in [0.1, 0.15) is 0 Å². The molecule has 0 spiro atoms. The number of esters is 1. The first kappa shape index (κ1) is 14.4. The Kier molecular flexibility index (Phi) is 4.33. The van der Waals surface area contributed by atoms with Crippen molar-refractivity contribution in [1.82, 2.24) is 30.0 Å². The number of ether oxygens (including phenoxy) is 1. The van der Waals surface area contributed by atoms with E-state index in [0.29, 0.717) is 11.6 Å². The highest BCUT2D eigenvalue weighted by molar-refractivity contribution is 6.31. The van der Waals surface area contributed by atoms with Crippen LogP contribution in [-0.4, -0.2) is 42.6 Å². The Labute approximate surface area is 120 Å². The van der Waals surface area contributed by atoms with Crippen molar-refractivity contribution in [3.05, 3.63) is 22.2 Å². The van der Waals surface area contributed by atoms with Crippen molar-refractivity contribution in [2.24, 2.45) is 0 Å². The minimum Gasteiger partial charge on any atom is -0.460 e. The standard InChI is InChI=1S/C11H15ClN6O2/c1-4-17-8(9(12)7(3)14-17)6-18-10(13-15-16-18)11(19)20-5-2/h4-6H2,1-3H3. The molecule has 0 saturated carbocycles. The predicted octanol–water partition coefficient (Wildman–Crippen LogP) is 1.08. The Morgan fingerprint density at radius 1 is 1.35 bits per heavy atom. The molecule has 0 saturated heterocycles. The van der Waals surface area contributed by atoms with Crippen molar-refractivity contribution in [2.45, 2.75) is 33.9 Å². The second-order valence-corrected chi connectivity index (χ2v) is 4.42. The molecule has 0 bridgehead atoms.